The van der Waals surface area contributed by atoms with Gasteiger partial charge in [0, 0.05) is 6.04 Å². The van der Waals surface area contributed by atoms with Crippen LogP contribution < -0.4 is 10.6 Å². The van der Waals surface area contributed by atoms with Gasteiger partial charge < -0.3 is 15.7 Å². The third kappa shape index (κ3) is 3.77. The molecule has 1 saturated carbocycles. The summed E-state index contributed by atoms with van der Waals surface area (Å²) in [7, 11) is 0. The van der Waals surface area contributed by atoms with E-state index in [1.54, 1.807) is 0 Å². The van der Waals surface area contributed by atoms with Crippen molar-refractivity contribution in [1.29, 1.82) is 0 Å². The summed E-state index contributed by atoms with van der Waals surface area (Å²) in [6.45, 7) is 3.56. The monoisotopic (exact) mass is 214 g/mol. The number of hydrogen-bond acceptors (Lipinski definition) is 2. The Hall–Kier alpha value is -1.26. The number of carboxylic acids is 1. The lowest BCUT2D eigenvalue weighted by Gasteiger charge is -2.10. The van der Waals surface area contributed by atoms with Crippen LogP contribution in [0.15, 0.2) is 0 Å². The van der Waals surface area contributed by atoms with Crippen molar-refractivity contribution >= 4 is 12.0 Å². The number of carboxylic acid groups (broad SMARTS) is 1. The maximum absolute atomic E-state index is 11.3. The molecule has 1 fully saturated rings. The lowest BCUT2D eigenvalue weighted by atomic mass is 10.2. The van der Waals surface area contributed by atoms with E-state index in [2.05, 4.69) is 17.6 Å². The van der Waals surface area contributed by atoms with Gasteiger partial charge in [0.1, 0.15) is 6.04 Å². The van der Waals surface area contributed by atoms with Crippen LogP contribution in [0.3, 0.4) is 0 Å². The summed E-state index contributed by atoms with van der Waals surface area (Å²) in [5, 5.41) is 13.7. The van der Waals surface area contributed by atoms with Crippen molar-refractivity contribution in [1.82, 2.24) is 10.6 Å². The number of aliphatic carboxylic acids is 1. The fourth-order valence-electron chi connectivity index (χ4n) is 1.58. The molecule has 1 aliphatic rings. The molecule has 0 aromatic heterocycles. The SMILES string of the molecule is CCCC1CC1NC(=O)N[C@H](C)C(=O)O. The van der Waals surface area contributed by atoms with Gasteiger partial charge in [0.15, 0.2) is 0 Å². The summed E-state index contributed by atoms with van der Waals surface area (Å²) in [4.78, 5) is 21.7. The molecule has 3 N–H and O–H groups in total. The lowest BCUT2D eigenvalue weighted by Crippen LogP contribution is -2.45. The van der Waals surface area contributed by atoms with Crippen LogP contribution in [0.25, 0.3) is 0 Å². The maximum atomic E-state index is 11.3. The van der Waals surface area contributed by atoms with Crippen molar-refractivity contribution in [3.05, 3.63) is 0 Å². The fourth-order valence-corrected chi connectivity index (χ4v) is 1.58. The highest BCUT2D eigenvalue weighted by molar-refractivity contribution is 5.82. The molecule has 0 bridgehead atoms. The molecule has 0 saturated heterocycles. The summed E-state index contributed by atoms with van der Waals surface area (Å²) >= 11 is 0. The first-order chi connectivity index (χ1) is 7.04. The molecule has 0 radical (unpaired) electrons. The van der Waals surface area contributed by atoms with Crippen molar-refractivity contribution in [2.45, 2.75) is 45.2 Å². The molecule has 5 nitrogen and oxygen atoms in total. The summed E-state index contributed by atoms with van der Waals surface area (Å²) in [5.41, 5.74) is 0. The van der Waals surface area contributed by atoms with Crippen LogP contribution in [-0.4, -0.2) is 29.2 Å². The lowest BCUT2D eigenvalue weighted by molar-refractivity contribution is -0.138. The van der Waals surface area contributed by atoms with E-state index < -0.39 is 12.0 Å². The molecule has 15 heavy (non-hydrogen) atoms. The Morgan fingerprint density at radius 2 is 2.20 bits per heavy atom. The second-order valence-electron chi connectivity index (χ2n) is 4.07. The highest BCUT2D eigenvalue weighted by Crippen LogP contribution is 2.34. The van der Waals surface area contributed by atoms with Crippen molar-refractivity contribution in [3.8, 4) is 0 Å². The smallest absolute Gasteiger partial charge is 0.325 e. The Labute approximate surface area is 89.2 Å². The van der Waals surface area contributed by atoms with Gasteiger partial charge in [0.2, 0.25) is 0 Å². The van der Waals surface area contributed by atoms with Gasteiger partial charge in [-0.2, -0.15) is 0 Å². The number of urea groups is 1. The molecule has 2 unspecified atom stereocenters. The number of nitrogens with one attached hydrogen (secondary N) is 2. The molecule has 2 amide bonds. The molecule has 0 heterocycles. The van der Waals surface area contributed by atoms with E-state index >= 15 is 0 Å². The molecular formula is C10H18N2O3. The van der Waals surface area contributed by atoms with Gasteiger partial charge in [0.05, 0.1) is 0 Å². The molecule has 0 aromatic rings. The van der Waals surface area contributed by atoms with Gasteiger partial charge in [-0.1, -0.05) is 13.3 Å². The Morgan fingerprint density at radius 3 is 2.73 bits per heavy atom. The van der Waals surface area contributed by atoms with Gasteiger partial charge in [-0.25, -0.2) is 4.79 Å². The molecule has 1 rings (SSSR count). The van der Waals surface area contributed by atoms with Crippen LogP contribution in [0.5, 0.6) is 0 Å². The number of amides is 2. The second-order valence-corrected chi connectivity index (χ2v) is 4.07. The molecule has 0 aliphatic heterocycles. The standard InChI is InChI=1S/C10H18N2O3/c1-3-4-7-5-8(7)12-10(15)11-6(2)9(13)14/h6-8H,3-5H2,1-2H3,(H,13,14)(H2,11,12,15)/t6-,7?,8?/m1/s1. The van der Waals surface area contributed by atoms with E-state index in [1.165, 1.54) is 6.92 Å². The molecule has 5 heteroatoms. The molecular weight excluding hydrogens is 196 g/mol. The van der Waals surface area contributed by atoms with Crippen LogP contribution in [0.2, 0.25) is 0 Å². The average molecular weight is 214 g/mol. The summed E-state index contributed by atoms with van der Waals surface area (Å²) in [6.07, 6.45) is 3.26. The zero-order valence-corrected chi connectivity index (χ0v) is 9.12. The highest BCUT2D eigenvalue weighted by Gasteiger charge is 2.37. The van der Waals surface area contributed by atoms with Crippen molar-refractivity contribution in [3.63, 3.8) is 0 Å². The van der Waals surface area contributed by atoms with E-state index in [-0.39, 0.29) is 12.1 Å². The zero-order valence-electron chi connectivity index (χ0n) is 9.12. The van der Waals surface area contributed by atoms with Crippen LogP contribution >= 0.6 is 0 Å². The minimum absolute atomic E-state index is 0.242. The summed E-state index contributed by atoms with van der Waals surface area (Å²) < 4.78 is 0. The molecule has 0 aromatic carbocycles. The quantitative estimate of drug-likeness (QED) is 0.637. The highest BCUT2D eigenvalue weighted by atomic mass is 16.4. The third-order valence-corrected chi connectivity index (χ3v) is 2.62. The first-order valence-corrected chi connectivity index (χ1v) is 5.34. The van der Waals surface area contributed by atoms with Crippen molar-refractivity contribution in [2.24, 2.45) is 5.92 Å². The van der Waals surface area contributed by atoms with Crippen LogP contribution in [0, 0.1) is 5.92 Å². The van der Waals surface area contributed by atoms with Gasteiger partial charge in [-0.15, -0.1) is 0 Å². The molecule has 3 atom stereocenters. The normalized spacial score (nSPS) is 25.5. The molecule has 86 valence electrons. The first-order valence-electron chi connectivity index (χ1n) is 5.34. The Bertz CT molecular complexity index is 255. The fraction of sp³-hybridized carbons (Fsp3) is 0.800. The van der Waals surface area contributed by atoms with Crippen LogP contribution in [0.4, 0.5) is 4.79 Å². The van der Waals surface area contributed by atoms with Crippen LogP contribution in [0.1, 0.15) is 33.1 Å². The average Bonchev–Trinajstić information content (AvgIpc) is 2.83. The number of carbonyl (C=O) groups excluding carboxylic acids is 1. The zero-order chi connectivity index (χ0) is 11.4. The largest absolute Gasteiger partial charge is 0.480 e. The number of carbonyl (C=O) groups is 2. The summed E-state index contributed by atoms with van der Waals surface area (Å²) in [5.74, 6) is -0.438. The Morgan fingerprint density at radius 1 is 1.53 bits per heavy atom. The van der Waals surface area contributed by atoms with E-state index in [9.17, 15) is 9.59 Å². The minimum atomic E-state index is -1.02. The first kappa shape index (κ1) is 11.8. The van der Waals surface area contributed by atoms with E-state index in [1.807, 2.05) is 0 Å². The van der Waals surface area contributed by atoms with Crippen molar-refractivity contribution in [2.75, 3.05) is 0 Å². The van der Waals surface area contributed by atoms with E-state index in [0.29, 0.717) is 5.92 Å². The third-order valence-electron chi connectivity index (χ3n) is 2.62. The second kappa shape index (κ2) is 5.00. The Kier molecular flexibility index (Phi) is 3.94. The van der Waals surface area contributed by atoms with Gasteiger partial charge >= 0.3 is 12.0 Å². The van der Waals surface area contributed by atoms with E-state index in [4.69, 9.17) is 5.11 Å². The van der Waals surface area contributed by atoms with Gasteiger partial charge in [-0.3, -0.25) is 4.79 Å². The van der Waals surface area contributed by atoms with Gasteiger partial charge in [-0.05, 0) is 25.7 Å². The maximum Gasteiger partial charge on any atom is 0.325 e. The topological polar surface area (TPSA) is 78.4 Å². The predicted octanol–water partition coefficient (Wildman–Crippen LogP) is 0.947. The Balaban J connectivity index is 2.18. The molecule has 0 spiro atoms. The number of hydrogen-bond donors (Lipinski definition) is 3. The predicted molar refractivity (Wildman–Crippen MR) is 55.6 cm³/mol. The van der Waals surface area contributed by atoms with Crippen molar-refractivity contribution < 1.29 is 14.7 Å². The minimum Gasteiger partial charge on any atom is -0.480 e. The van der Waals surface area contributed by atoms with Crippen LogP contribution in [-0.2, 0) is 4.79 Å². The molecule has 1 aliphatic carbocycles. The van der Waals surface area contributed by atoms with Gasteiger partial charge in [0.25, 0.3) is 0 Å². The number of rotatable bonds is 5. The summed E-state index contributed by atoms with van der Waals surface area (Å²) in [6, 6.07) is -0.979. The van der Waals surface area contributed by atoms with E-state index in [0.717, 1.165) is 19.3 Å².